The SMILES string of the molecule is CC(=O)Nc1cccc(NC(=O)c2cc(S(=O)(=O)N3CCN(C)CC3)ccc2C)c1. The highest BCUT2D eigenvalue weighted by atomic mass is 32.2. The van der Waals surface area contributed by atoms with Crippen LogP contribution in [0.25, 0.3) is 0 Å². The van der Waals surface area contributed by atoms with E-state index in [2.05, 4.69) is 15.5 Å². The standard InChI is InChI=1S/C21H26N4O4S/c1-15-7-8-19(30(28,29)25-11-9-24(3)10-12-25)14-20(15)21(27)23-18-6-4-5-17(13-18)22-16(2)26/h4-8,13-14H,9-12H2,1-3H3,(H,22,26)(H,23,27). The Morgan fingerprint density at radius 2 is 1.57 bits per heavy atom. The van der Waals surface area contributed by atoms with Gasteiger partial charge in [-0.2, -0.15) is 4.31 Å². The maximum absolute atomic E-state index is 13.0. The van der Waals surface area contributed by atoms with Crippen molar-refractivity contribution in [3.8, 4) is 0 Å². The molecule has 1 heterocycles. The van der Waals surface area contributed by atoms with E-state index in [-0.39, 0.29) is 16.4 Å². The van der Waals surface area contributed by atoms with Crippen molar-refractivity contribution in [2.45, 2.75) is 18.7 Å². The normalized spacial score (nSPS) is 15.6. The second-order valence-electron chi connectivity index (χ2n) is 7.40. The Morgan fingerprint density at radius 3 is 2.20 bits per heavy atom. The van der Waals surface area contributed by atoms with Crippen molar-refractivity contribution < 1.29 is 18.0 Å². The molecule has 1 saturated heterocycles. The summed E-state index contributed by atoms with van der Waals surface area (Å²) in [5.74, 6) is -0.626. The van der Waals surface area contributed by atoms with Crippen molar-refractivity contribution in [3.05, 3.63) is 53.6 Å². The fourth-order valence-electron chi connectivity index (χ4n) is 3.26. The first-order chi connectivity index (χ1) is 14.2. The Hall–Kier alpha value is -2.75. The molecular formula is C21H26N4O4S. The summed E-state index contributed by atoms with van der Waals surface area (Å²) in [6.45, 7) is 5.34. The van der Waals surface area contributed by atoms with Crippen molar-refractivity contribution in [2.75, 3.05) is 43.9 Å². The number of carbonyl (C=O) groups excluding carboxylic acids is 2. The third-order valence-electron chi connectivity index (χ3n) is 4.99. The summed E-state index contributed by atoms with van der Waals surface area (Å²) in [6, 6.07) is 11.4. The van der Waals surface area contributed by atoms with E-state index in [1.807, 2.05) is 7.05 Å². The molecule has 9 heteroatoms. The quantitative estimate of drug-likeness (QED) is 0.757. The Morgan fingerprint density at radius 1 is 0.933 bits per heavy atom. The van der Waals surface area contributed by atoms with Crippen molar-refractivity contribution >= 4 is 33.2 Å². The van der Waals surface area contributed by atoms with Crippen LogP contribution in [-0.4, -0.2) is 62.7 Å². The fourth-order valence-corrected chi connectivity index (χ4v) is 4.71. The first-order valence-corrected chi connectivity index (χ1v) is 11.1. The number of nitrogens with one attached hydrogen (secondary N) is 2. The molecule has 0 bridgehead atoms. The summed E-state index contributed by atoms with van der Waals surface area (Å²) < 4.78 is 27.5. The van der Waals surface area contributed by atoms with Crippen molar-refractivity contribution in [2.24, 2.45) is 0 Å². The number of carbonyl (C=O) groups is 2. The lowest BCUT2D eigenvalue weighted by atomic mass is 10.1. The Labute approximate surface area is 176 Å². The lowest BCUT2D eigenvalue weighted by Crippen LogP contribution is -2.47. The van der Waals surface area contributed by atoms with Gasteiger partial charge in [0.05, 0.1) is 4.90 Å². The van der Waals surface area contributed by atoms with Crippen LogP contribution in [0.4, 0.5) is 11.4 Å². The van der Waals surface area contributed by atoms with Gasteiger partial charge < -0.3 is 15.5 Å². The van der Waals surface area contributed by atoms with Crippen LogP contribution in [0.15, 0.2) is 47.4 Å². The van der Waals surface area contributed by atoms with Crippen molar-refractivity contribution in [1.82, 2.24) is 9.21 Å². The van der Waals surface area contributed by atoms with Gasteiger partial charge in [0.2, 0.25) is 15.9 Å². The number of benzene rings is 2. The molecule has 0 spiro atoms. The van der Waals surface area contributed by atoms with Crippen LogP contribution in [0.1, 0.15) is 22.8 Å². The van der Waals surface area contributed by atoms with Gasteiger partial charge in [0.1, 0.15) is 0 Å². The number of aryl methyl sites for hydroxylation is 1. The minimum Gasteiger partial charge on any atom is -0.326 e. The topological polar surface area (TPSA) is 98.8 Å². The zero-order chi connectivity index (χ0) is 21.9. The maximum Gasteiger partial charge on any atom is 0.255 e. The average Bonchev–Trinajstić information content (AvgIpc) is 2.68. The molecule has 1 fully saturated rings. The number of likely N-dealkylation sites (N-methyl/N-ethyl adjacent to an activating group) is 1. The van der Waals surface area contributed by atoms with Crippen LogP contribution in [0, 0.1) is 6.92 Å². The van der Waals surface area contributed by atoms with Crippen LogP contribution < -0.4 is 10.6 Å². The molecule has 2 aromatic carbocycles. The lowest BCUT2D eigenvalue weighted by molar-refractivity contribution is -0.114. The zero-order valence-electron chi connectivity index (χ0n) is 17.3. The van der Waals surface area contributed by atoms with Gasteiger partial charge in [-0.05, 0) is 49.9 Å². The Bertz CT molecular complexity index is 1060. The molecule has 0 aromatic heterocycles. The van der Waals surface area contributed by atoms with Gasteiger partial charge >= 0.3 is 0 Å². The van der Waals surface area contributed by atoms with Gasteiger partial charge in [-0.25, -0.2) is 8.42 Å². The number of rotatable bonds is 5. The molecule has 3 rings (SSSR count). The van der Waals surface area contributed by atoms with E-state index >= 15 is 0 Å². The zero-order valence-corrected chi connectivity index (χ0v) is 18.1. The highest BCUT2D eigenvalue weighted by Gasteiger charge is 2.28. The third kappa shape index (κ3) is 5.05. The smallest absolute Gasteiger partial charge is 0.255 e. The van der Waals surface area contributed by atoms with Gasteiger partial charge in [0.15, 0.2) is 0 Å². The summed E-state index contributed by atoms with van der Waals surface area (Å²) in [5.41, 5.74) is 2.01. The molecule has 0 saturated carbocycles. The number of amides is 2. The van der Waals surface area contributed by atoms with Crippen molar-refractivity contribution in [1.29, 1.82) is 0 Å². The Balaban J connectivity index is 1.83. The van der Waals surface area contributed by atoms with Crippen LogP contribution in [0.3, 0.4) is 0 Å². The Kier molecular flexibility index (Phi) is 6.55. The molecule has 1 aliphatic rings. The minimum atomic E-state index is -3.67. The maximum atomic E-state index is 13.0. The van der Waals surface area contributed by atoms with Gasteiger partial charge in [0.25, 0.3) is 5.91 Å². The third-order valence-corrected chi connectivity index (χ3v) is 6.89. The molecule has 0 unspecified atom stereocenters. The number of piperazine rings is 1. The summed E-state index contributed by atoms with van der Waals surface area (Å²) in [4.78, 5) is 26.3. The predicted octanol–water partition coefficient (Wildman–Crippen LogP) is 2.14. The fraction of sp³-hybridized carbons (Fsp3) is 0.333. The largest absolute Gasteiger partial charge is 0.326 e. The molecule has 0 atom stereocenters. The van der Waals surface area contributed by atoms with E-state index in [4.69, 9.17) is 0 Å². The number of anilines is 2. The minimum absolute atomic E-state index is 0.106. The van der Waals surface area contributed by atoms with Gasteiger partial charge in [0, 0.05) is 50.0 Å². The molecular weight excluding hydrogens is 404 g/mol. The van der Waals surface area contributed by atoms with E-state index < -0.39 is 15.9 Å². The second kappa shape index (κ2) is 8.95. The van der Waals surface area contributed by atoms with E-state index in [9.17, 15) is 18.0 Å². The summed E-state index contributed by atoms with van der Waals surface area (Å²) >= 11 is 0. The molecule has 2 aromatic rings. The van der Waals surface area contributed by atoms with Crippen LogP contribution in [-0.2, 0) is 14.8 Å². The van der Waals surface area contributed by atoms with Gasteiger partial charge in [-0.1, -0.05) is 12.1 Å². The number of hydrogen-bond donors (Lipinski definition) is 2. The monoisotopic (exact) mass is 430 g/mol. The van der Waals surface area contributed by atoms with E-state index in [1.165, 1.54) is 23.4 Å². The number of sulfonamides is 1. The van der Waals surface area contributed by atoms with E-state index in [0.717, 1.165) is 0 Å². The van der Waals surface area contributed by atoms with Crippen molar-refractivity contribution in [3.63, 3.8) is 0 Å². The van der Waals surface area contributed by atoms with E-state index in [0.29, 0.717) is 43.1 Å². The lowest BCUT2D eigenvalue weighted by Gasteiger charge is -2.31. The highest BCUT2D eigenvalue weighted by molar-refractivity contribution is 7.89. The molecule has 8 nitrogen and oxygen atoms in total. The highest BCUT2D eigenvalue weighted by Crippen LogP contribution is 2.22. The summed E-state index contributed by atoms with van der Waals surface area (Å²) in [6.07, 6.45) is 0. The van der Waals surface area contributed by atoms with Crippen LogP contribution in [0.2, 0.25) is 0 Å². The molecule has 1 aliphatic heterocycles. The molecule has 30 heavy (non-hydrogen) atoms. The van der Waals surface area contributed by atoms with Crippen LogP contribution in [0.5, 0.6) is 0 Å². The molecule has 0 radical (unpaired) electrons. The first-order valence-electron chi connectivity index (χ1n) is 9.65. The van der Waals surface area contributed by atoms with E-state index in [1.54, 1.807) is 37.3 Å². The van der Waals surface area contributed by atoms with Gasteiger partial charge in [-0.15, -0.1) is 0 Å². The summed E-state index contributed by atoms with van der Waals surface area (Å²) in [5, 5.41) is 5.43. The first kappa shape index (κ1) is 21.9. The molecule has 160 valence electrons. The number of nitrogens with zero attached hydrogens (tertiary/aromatic N) is 2. The second-order valence-corrected chi connectivity index (χ2v) is 9.34. The molecule has 0 aliphatic carbocycles. The molecule has 2 N–H and O–H groups in total. The summed E-state index contributed by atoms with van der Waals surface area (Å²) in [7, 11) is -1.71. The number of hydrogen-bond acceptors (Lipinski definition) is 5. The average molecular weight is 431 g/mol. The predicted molar refractivity (Wildman–Crippen MR) is 116 cm³/mol. The molecule has 2 amide bonds. The van der Waals surface area contributed by atoms with Gasteiger partial charge in [-0.3, -0.25) is 9.59 Å². The van der Waals surface area contributed by atoms with Crippen LogP contribution >= 0.6 is 0 Å².